The molecule has 0 saturated heterocycles. The van der Waals surface area contributed by atoms with E-state index in [9.17, 15) is 9.82 Å². The molecule has 1 aromatic carbocycles. The fourth-order valence-corrected chi connectivity index (χ4v) is 2.64. The molecule has 0 radical (unpaired) electrons. The third-order valence-electron chi connectivity index (χ3n) is 3.88. The van der Waals surface area contributed by atoms with Gasteiger partial charge in [-0.05, 0) is 28.7 Å². The van der Waals surface area contributed by atoms with Crippen LogP contribution in [0.3, 0.4) is 0 Å². The van der Waals surface area contributed by atoms with E-state index >= 15 is 0 Å². The Bertz CT molecular complexity index is 897. The minimum absolute atomic E-state index is 0.164. The molecule has 2 N–H and O–H groups in total. The van der Waals surface area contributed by atoms with Crippen molar-refractivity contribution >= 4 is 18.4 Å². The van der Waals surface area contributed by atoms with E-state index in [1.807, 2.05) is 18.2 Å². The zero-order valence-corrected chi connectivity index (χ0v) is 12.6. The number of nitrogens with zero attached hydrogens (tertiary/aromatic N) is 3. The van der Waals surface area contributed by atoms with Gasteiger partial charge in [-0.2, -0.15) is 5.10 Å². The normalized spacial score (nSPS) is 13.1. The van der Waals surface area contributed by atoms with Crippen molar-refractivity contribution in [1.82, 2.24) is 20.2 Å². The van der Waals surface area contributed by atoms with Crippen molar-refractivity contribution < 1.29 is 14.5 Å². The lowest BCUT2D eigenvalue weighted by Crippen LogP contribution is -2.28. The summed E-state index contributed by atoms with van der Waals surface area (Å²) >= 11 is 0. The summed E-state index contributed by atoms with van der Waals surface area (Å²) in [6.45, 7) is 0.389. The molecule has 3 aromatic rings. The molecule has 2 aromatic heterocycles. The monoisotopic (exact) mass is 320 g/mol. The summed E-state index contributed by atoms with van der Waals surface area (Å²) in [4.78, 5) is 20.8. The van der Waals surface area contributed by atoms with Crippen LogP contribution in [0.4, 0.5) is 0 Å². The number of carbonyl (C=O) groups excluding carboxylic acids is 1. The molecule has 1 aliphatic heterocycles. The average Bonchev–Trinajstić information content (AvgIpc) is 3.24. The first kappa shape index (κ1) is 14.7. The number of fused-ring (bicyclic) bond motifs is 1. The minimum atomic E-state index is -0.920. The van der Waals surface area contributed by atoms with Gasteiger partial charge in [-0.1, -0.05) is 24.3 Å². The van der Waals surface area contributed by atoms with Crippen molar-refractivity contribution in [2.45, 2.75) is 13.0 Å². The molecule has 4 rings (SSSR count). The van der Waals surface area contributed by atoms with E-state index in [-0.39, 0.29) is 18.0 Å². The number of H-pyrrole nitrogens is 1. The lowest BCUT2D eigenvalue weighted by molar-refractivity contribution is 0.0983. The van der Waals surface area contributed by atoms with Gasteiger partial charge in [0.25, 0.3) is 0 Å². The summed E-state index contributed by atoms with van der Waals surface area (Å²) < 4.78 is 5.16. The number of nitrogens with one attached hydrogen (secondary N) is 1. The standard InChI is InChI=1S/C16H13BN4O3/c22-14(8-10-4-5-11-9-24-17(23)12(11)7-10)16-19-15(20-21-16)13-3-1-2-6-18-13/h1-7,23H,8-9H2,(H,19,20,21). The van der Waals surface area contributed by atoms with Crippen molar-refractivity contribution in [3.63, 3.8) is 0 Å². The van der Waals surface area contributed by atoms with E-state index in [4.69, 9.17) is 4.65 Å². The zero-order valence-electron chi connectivity index (χ0n) is 12.6. The summed E-state index contributed by atoms with van der Waals surface area (Å²) in [5.74, 6) is 0.391. The number of Topliss-reactive ketones (excluding diaryl/α,β-unsaturated/α-hetero) is 1. The van der Waals surface area contributed by atoms with E-state index in [1.54, 1.807) is 24.4 Å². The molecule has 0 saturated carbocycles. The Morgan fingerprint density at radius 2 is 2.25 bits per heavy atom. The molecule has 118 valence electrons. The molecule has 24 heavy (non-hydrogen) atoms. The summed E-state index contributed by atoms with van der Waals surface area (Å²) in [6.07, 6.45) is 1.81. The highest BCUT2D eigenvalue weighted by Crippen LogP contribution is 2.14. The molecule has 0 atom stereocenters. The lowest BCUT2D eigenvalue weighted by atomic mass is 9.78. The predicted octanol–water partition coefficient (Wildman–Crippen LogP) is 0.510. The zero-order chi connectivity index (χ0) is 16.5. The summed E-state index contributed by atoms with van der Waals surface area (Å²) in [7, 11) is -0.920. The highest BCUT2D eigenvalue weighted by molar-refractivity contribution is 6.61. The molecular formula is C16H13BN4O3. The highest BCUT2D eigenvalue weighted by atomic mass is 16.5. The lowest BCUT2D eigenvalue weighted by Gasteiger charge is -2.03. The van der Waals surface area contributed by atoms with Crippen LogP contribution in [0.1, 0.15) is 21.7 Å². The molecular weight excluding hydrogens is 307 g/mol. The number of ketones is 1. The van der Waals surface area contributed by atoms with E-state index in [0.717, 1.165) is 11.1 Å². The number of hydrogen-bond donors (Lipinski definition) is 2. The van der Waals surface area contributed by atoms with Crippen LogP contribution in [0, 0.1) is 0 Å². The predicted molar refractivity (Wildman–Crippen MR) is 86.5 cm³/mol. The van der Waals surface area contributed by atoms with Gasteiger partial charge < -0.3 is 9.68 Å². The van der Waals surface area contributed by atoms with E-state index in [0.29, 0.717) is 23.6 Å². The molecule has 0 unspecified atom stereocenters. The van der Waals surface area contributed by atoms with Gasteiger partial charge in [0.2, 0.25) is 5.78 Å². The SMILES string of the molecule is O=C(Cc1ccc2c(c1)B(O)OC2)c1nc(-c2ccccn2)n[nH]1. The highest BCUT2D eigenvalue weighted by Gasteiger charge is 2.27. The maximum absolute atomic E-state index is 12.4. The van der Waals surface area contributed by atoms with Crippen LogP contribution in [0.25, 0.3) is 11.5 Å². The van der Waals surface area contributed by atoms with Gasteiger partial charge in [-0.15, -0.1) is 0 Å². The first-order valence-corrected chi connectivity index (χ1v) is 7.49. The van der Waals surface area contributed by atoms with Gasteiger partial charge in [0, 0.05) is 12.6 Å². The molecule has 0 fully saturated rings. The molecule has 0 bridgehead atoms. The number of aromatic amines is 1. The van der Waals surface area contributed by atoms with Crippen LogP contribution < -0.4 is 5.46 Å². The maximum Gasteiger partial charge on any atom is 0.491 e. The Morgan fingerprint density at radius 1 is 1.33 bits per heavy atom. The molecule has 7 nitrogen and oxygen atoms in total. The van der Waals surface area contributed by atoms with Crippen molar-refractivity contribution in [2.75, 3.05) is 0 Å². The Morgan fingerprint density at radius 3 is 3.08 bits per heavy atom. The molecule has 0 spiro atoms. The summed E-state index contributed by atoms with van der Waals surface area (Å²) in [5, 5.41) is 16.4. The molecule has 1 aliphatic rings. The largest absolute Gasteiger partial charge is 0.491 e. The molecule has 0 aliphatic carbocycles. The van der Waals surface area contributed by atoms with E-state index < -0.39 is 7.12 Å². The second kappa shape index (κ2) is 5.99. The maximum atomic E-state index is 12.4. The van der Waals surface area contributed by atoms with Crippen LogP contribution in [-0.4, -0.2) is 38.1 Å². The van der Waals surface area contributed by atoms with Crippen LogP contribution >= 0.6 is 0 Å². The van der Waals surface area contributed by atoms with Crippen LogP contribution in [0.15, 0.2) is 42.6 Å². The van der Waals surface area contributed by atoms with E-state index in [1.165, 1.54) is 0 Å². The summed E-state index contributed by atoms with van der Waals surface area (Å²) in [6, 6.07) is 10.9. The van der Waals surface area contributed by atoms with Crippen molar-refractivity contribution in [1.29, 1.82) is 0 Å². The molecule has 3 heterocycles. The van der Waals surface area contributed by atoms with Crippen molar-refractivity contribution in [2.24, 2.45) is 0 Å². The smallest absolute Gasteiger partial charge is 0.423 e. The van der Waals surface area contributed by atoms with Crippen LogP contribution in [0.5, 0.6) is 0 Å². The Hall–Kier alpha value is -2.84. The quantitative estimate of drug-likeness (QED) is 0.536. The minimum Gasteiger partial charge on any atom is -0.423 e. The second-order valence-corrected chi connectivity index (χ2v) is 5.52. The van der Waals surface area contributed by atoms with Gasteiger partial charge >= 0.3 is 7.12 Å². The van der Waals surface area contributed by atoms with Gasteiger partial charge in [-0.25, -0.2) is 4.98 Å². The third-order valence-corrected chi connectivity index (χ3v) is 3.88. The fourth-order valence-electron chi connectivity index (χ4n) is 2.64. The van der Waals surface area contributed by atoms with Gasteiger partial charge in [0.15, 0.2) is 11.6 Å². The number of pyridine rings is 1. The van der Waals surface area contributed by atoms with Gasteiger partial charge in [-0.3, -0.25) is 14.9 Å². The molecule has 8 heteroatoms. The number of benzene rings is 1. The number of carbonyl (C=O) groups is 1. The topological polar surface area (TPSA) is 101 Å². The van der Waals surface area contributed by atoms with Gasteiger partial charge in [0.05, 0.1) is 6.61 Å². The van der Waals surface area contributed by atoms with E-state index in [2.05, 4.69) is 20.2 Å². The van der Waals surface area contributed by atoms with Crippen molar-refractivity contribution in [3.8, 4) is 11.5 Å². The first-order chi connectivity index (χ1) is 11.7. The van der Waals surface area contributed by atoms with Crippen LogP contribution in [0.2, 0.25) is 0 Å². The number of hydrogen-bond acceptors (Lipinski definition) is 6. The van der Waals surface area contributed by atoms with Crippen molar-refractivity contribution in [3.05, 3.63) is 59.5 Å². The first-order valence-electron chi connectivity index (χ1n) is 7.49. The molecule has 0 amide bonds. The average molecular weight is 320 g/mol. The van der Waals surface area contributed by atoms with Gasteiger partial charge in [0.1, 0.15) is 5.69 Å². The Kier molecular flexibility index (Phi) is 3.68. The third kappa shape index (κ3) is 2.73. The summed E-state index contributed by atoms with van der Waals surface area (Å²) in [5.41, 5.74) is 3.05. The second-order valence-electron chi connectivity index (χ2n) is 5.52. The Balaban J connectivity index is 1.53. The number of aromatic nitrogens is 4. The number of rotatable bonds is 4. The fraction of sp³-hybridized carbons (Fsp3) is 0.125. The Labute approximate surface area is 137 Å². The van der Waals surface area contributed by atoms with Crippen LogP contribution in [-0.2, 0) is 17.7 Å².